The monoisotopic (exact) mass is 723 g/mol. The van der Waals surface area contributed by atoms with Crippen LogP contribution in [-0.2, 0) is 23.8 Å². The van der Waals surface area contributed by atoms with Crippen LogP contribution in [0.4, 0.5) is 0 Å². The van der Waals surface area contributed by atoms with Crippen molar-refractivity contribution < 1.29 is 34.0 Å². The van der Waals surface area contributed by atoms with Crippen LogP contribution in [-0.4, -0.2) is 104 Å². The quantitative estimate of drug-likeness (QED) is 0.154. The number of aliphatic hydroxyl groups is 2. The average molecular weight is 724 g/mol. The van der Waals surface area contributed by atoms with Gasteiger partial charge in [0.2, 0.25) is 0 Å². The normalized spacial score (nSPS) is 47.3. The third-order valence-corrected chi connectivity index (χ3v) is 14.7. The Hall–Kier alpha value is -2.00. The van der Waals surface area contributed by atoms with Gasteiger partial charge in [-0.2, -0.15) is 0 Å². The molecule has 5 aliphatic heterocycles. The fourth-order valence-corrected chi connectivity index (χ4v) is 12.2. The van der Waals surface area contributed by atoms with E-state index in [1.807, 2.05) is 20.0 Å². The van der Waals surface area contributed by atoms with Gasteiger partial charge in [-0.1, -0.05) is 17.7 Å². The van der Waals surface area contributed by atoms with Gasteiger partial charge in [0.15, 0.2) is 0 Å². The van der Waals surface area contributed by atoms with Crippen molar-refractivity contribution in [2.24, 2.45) is 58.8 Å². The van der Waals surface area contributed by atoms with Gasteiger partial charge in [-0.3, -0.25) is 4.79 Å². The molecule has 8 aliphatic rings. The number of rotatable bonds is 6. The Bertz CT molecular complexity index is 1500. The van der Waals surface area contributed by atoms with E-state index >= 15 is 0 Å². The van der Waals surface area contributed by atoms with Crippen molar-refractivity contribution in [1.29, 1.82) is 0 Å². The van der Waals surface area contributed by atoms with Crippen molar-refractivity contribution in [3.05, 3.63) is 34.4 Å². The maximum Gasteiger partial charge on any atom is 0.334 e. The topological polar surface area (TPSA) is 190 Å². The first-order valence-corrected chi connectivity index (χ1v) is 20.1. The van der Waals surface area contributed by atoms with Crippen molar-refractivity contribution in [3.63, 3.8) is 0 Å². The van der Waals surface area contributed by atoms with Gasteiger partial charge in [0.25, 0.3) is 0 Å². The predicted octanol–water partition coefficient (Wildman–Crippen LogP) is 1.41. The smallest absolute Gasteiger partial charge is 0.334 e. The van der Waals surface area contributed by atoms with Crippen LogP contribution in [0.25, 0.3) is 0 Å². The van der Waals surface area contributed by atoms with E-state index in [0.29, 0.717) is 36.8 Å². The van der Waals surface area contributed by atoms with E-state index in [2.05, 4.69) is 29.0 Å². The molecule has 288 valence electrons. The molecule has 0 aromatic carbocycles. The van der Waals surface area contributed by atoms with E-state index in [0.717, 1.165) is 51.6 Å². The molecular weight excluding hydrogens is 662 g/mol. The molecule has 2 bridgehead atoms. The second-order valence-electron chi connectivity index (χ2n) is 17.4. The van der Waals surface area contributed by atoms with Crippen molar-refractivity contribution in [2.75, 3.05) is 33.3 Å². The van der Waals surface area contributed by atoms with Gasteiger partial charge >= 0.3 is 5.97 Å². The first kappa shape index (κ1) is 36.9. The number of hydrogen-bond donors (Lipinski definition) is 7. The van der Waals surface area contributed by atoms with E-state index in [-0.39, 0.29) is 60.8 Å². The molecule has 0 amide bonds. The lowest BCUT2D eigenvalue weighted by molar-refractivity contribution is -0.294. The minimum atomic E-state index is -1.03. The zero-order valence-corrected chi connectivity index (χ0v) is 31.1. The molecule has 1 saturated carbocycles. The first-order chi connectivity index (χ1) is 25.1. The number of piperidine rings is 2. The molecule has 0 aromatic heterocycles. The maximum absolute atomic E-state index is 14.1. The summed E-state index contributed by atoms with van der Waals surface area (Å²) in [6.07, 6.45) is 6.86. The van der Waals surface area contributed by atoms with Crippen LogP contribution in [0.3, 0.4) is 0 Å². The Kier molecular flexibility index (Phi) is 10.4. The summed E-state index contributed by atoms with van der Waals surface area (Å²) in [7, 11) is 1.87. The van der Waals surface area contributed by atoms with Gasteiger partial charge in [0, 0.05) is 35.7 Å². The van der Waals surface area contributed by atoms with Gasteiger partial charge < -0.3 is 51.8 Å². The number of nitrogens with two attached hydrogens (primary N) is 2. The first-order valence-electron chi connectivity index (χ1n) is 20.1. The average Bonchev–Trinajstić information content (AvgIpc) is 3.43. The van der Waals surface area contributed by atoms with E-state index in [9.17, 15) is 19.8 Å². The summed E-state index contributed by atoms with van der Waals surface area (Å²) in [4.78, 5) is 27.9. The van der Waals surface area contributed by atoms with Crippen LogP contribution in [0.15, 0.2) is 34.4 Å². The highest BCUT2D eigenvalue weighted by Gasteiger charge is 2.65. The number of carbonyl (C=O) groups excluding carboxylic acids is 2. The number of nitrogens with one attached hydrogen (secondary N) is 3. The SMILES string of the molecule is CC=C(CCNC)C(=O)O[C@H]1CC2C(O)C3C(=O)CC(CO)OC3C3CC4CCNC(N)C4C4=CCC5=C4[C@@H](CC4CNC(N)CC4C5)[C@]1(C)OC23. The summed E-state index contributed by atoms with van der Waals surface area (Å²) >= 11 is 0. The lowest BCUT2D eigenvalue weighted by Crippen LogP contribution is -2.70. The molecule has 12 heteroatoms. The number of allylic oxidation sites excluding steroid dienone is 3. The number of hydrogen-bond acceptors (Lipinski definition) is 12. The molecule has 0 aromatic rings. The van der Waals surface area contributed by atoms with Gasteiger partial charge in [-0.05, 0) is 121 Å². The van der Waals surface area contributed by atoms with Crippen LogP contribution in [0.1, 0.15) is 71.6 Å². The number of esters is 1. The second kappa shape index (κ2) is 14.6. The molecule has 3 aliphatic carbocycles. The highest BCUT2D eigenvalue weighted by atomic mass is 16.6. The molecule has 9 N–H and O–H groups in total. The highest BCUT2D eigenvalue weighted by molar-refractivity contribution is 5.88. The number of aliphatic hydroxyl groups excluding tert-OH is 2. The molecule has 52 heavy (non-hydrogen) atoms. The number of ether oxygens (including phenoxy) is 3. The van der Waals surface area contributed by atoms with E-state index < -0.39 is 48.0 Å². The Balaban J connectivity index is 1.28. The van der Waals surface area contributed by atoms with E-state index in [1.165, 1.54) is 16.7 Å². The predicted molar refractivity (Wildman–Crippen MR) is 194 cm³/mol. The fraction of sp³-hybridized carbons (Fsp3) is 0.800. The molecule has 8 rings (SSSR count). The van der Waals surface area contributed by atoms with Gasteiger partial charge in [-0.15, -0.1) is 0 Å². The summed E-state index contributed by atoms with van der Waals surface area (Å²) in [5.74, 6) is -0.897. The number of Topliss-reactive ketones (excluding diaryl/α,β-unsaturated/α-hetero) is 1. The van der Waals surface area contributed by atoms with E-state index in [1.54, 1.807) is 0 Å². The Morgan fingerprint density at radius 1 is 1.10 bits per heavy atom. The molecular formula is C40H61N5O7. The number of ketones is 1. The molecule has 5 saturated heterocycles. The highest BCUT2D eigenvalue weighted by Crippen LogP contribution is 2.60. The van der Waals surface area contributed by atoms with Crippen LogP contribution in [0.2, 0.25) is 0 Å². The van der Waals surface area contributed by atoms with Gasteiger partial charge in [0.1, 0.15) is 17.5 Å². The Labute approximate surface area is 307 Å². The van der Waals surface area contributed by atoms with Crippen LogP contribution in [0.5, 0.6) is 0 Å². The maximum atomic E-state index is 14.1. The third kappa shape index (κ3) is 6.18. The van der Waals surface area contributed by atoms with Crippen molar-refractivity contribution >= 4 is 11.8 Å². The van der Waals surface area contributed by atoms with Crippen LogP contribution in [0, 0.1) is 47.3 Å². The third-order valence-electron chi connectivity index (χ3n) is 14.7. The molecule has 12 nitrogen and oxygen atoms in total. The summed E-state index contributed by atoms with van der Waals surface area (Å²) in [5, 5.41) is 32.7. The number of carbonyl (C=O) groups is 2. The minimum Gasteiger partial charge on any atom is -0.456 e. The molecule has 5 heterocycles. The van der Waals surface area contributed by atoms with Crippen molar-refractivity contribution in [3.8, 4) is 0 Å². The second-order valence-corrected chi connectivity index (χ2v) is 17.4. The molecule has 13 unspecified atom stereocenters. The molecule has 16 atom stereocenters. The van der Waals surface area contributed by atoms with Crippen LogP contribution < -0.4 is 27.4 Å². The van der Waals surface area contributed by atoms with Gasteiger partial charge in [-0.25, -0.2) is 4.79 Å². The zero-order valence-electron chi connectivity index (χ0n) is 31.1. The van der Waals surface area contributed by atoms with Crippen molar-refractivity contribution in [2.45, 2.75) is 120 Å². The van der Waals surface area contributed by atoms with Crippen molar-refractivity contribution in [1.82, 2.24) is 16.0 Å². The lowest BCUT2D eigenvalue weighted by Gasteiger charge is -2.61. The van der Waals surface area contributed by atoms with Gasteiger partial charge in [0.05, 0.1) is 49.3 Å². The van der Waals surface area contributed by atoms with E-state index in [4.69, 9.17) is 25.7 Å². The fourth-order valence-electron chi connectivity index (χ4n) is 12.2. The summed E-state index contributed by atoms with van der Waals surface area (Å²) in [5.41, 5.74) is 17.3. The van der Waals surface area contributed by atoms with Crippen LogP contribution >= 0.6 is 0 Å². The minimum absolute atomic E-state index is 0.0377. The molecule has 0 spiro atoms. The lowest BCUT2D eigenvalue weighted by atomic mass is 9.57. The summed E-state index contributed by atoms with van der Waals surface area (Å²) in [6.45, 7) is 6.02. The summed E-state index contributed by atoms with van der Waals surface area (Å²) in [6, 6.07) is 0. The Morgan fingerprint density at radius 3 is 2.69 bits per heavy atom. The molecule has 0 radical (unpaired) electrons. The summed E-state index contributed by atoms with van der Waals surface area (Å²) < 4.78 is 20.9. The Morgan fingerprint density at radius 2 is 1.92 bits per heavy atom. The number of fused-ring (bicyclic) bond motifs is 7. The largest absolute Gasteiger partial charge is 0.456 e. The standard InChI is InChI=1S/C40H61N5O7/c1-4-19(7-9-43-3)39(49)51-30-16-26-35(48)34-29(47)15-24(18-46)50-37(34)27-12-21-8-10-44-38(42)33(21)25-6-5-20-11-22-14-31(41)45-17-23(22)13-28(32(20)25)40(30,2)52-36(26)27/h4,6,21-24,26-28,30-31,33-38,43-46,48H,5,7-18,41-42H2,1-3H3/t21?,22?,23?,24?,26?,27?,28-,30+,31?,33?,34?,35?,36?,37?,38?,40+/m1/s1. The zero-order chi connectivity index (χ0) is 36.5. The molecule has 6 fully saturated rings.